The molecule has 0 saturated carbocycles. The van der Waals surface area contributed by atoms with Gasteiger partial charge in [0.05, 0.1) is 24.0 Å². The van der Waals surface area contributed by atoms with E-state index in [9.17, 15) is 18.0 Å². The first-order valence-corrected chi connectivity index (χ1v) is 13.4. The number of carbonyl (C=O) groups excluding carboxylic acids is 1. The molecule has 5 rings (SSSR count). The van der Waals surface area contributed by atoms with E-state index in [2.05, 4.69) is 15.0 Å². The summed E-state index contributed by atoms with van der Waals surface area (Å²) in [6.07, 6.45) is 3.32. The third kappa shape index (κ3) is 6.05. The van der Waals surface area contributed by atoms with E-state index in [0.29, 0.717) is 39.0 Å². The molecule has 9 heteroatoms. The van der Waals surface area contributed by atoms with Crippen LogP contribution in [0.25, 0.3) is 45.4 Å². The van der Waals surface area contributed by atoms with Crippen molar-refractivity contribution in [2.24, 2.45) is 0 Å². The second kappa shape index (κ2) is 11.9. The lowest BCUT2D eigenvalue weighted by atomic mass is 9.91. The molecule has 0 atom stereocenters. The number of hydrogen-bond donors (Lipinski definition) is 1. The van der Waals surface area contributed by atoms with E-state index in [1.807, 2.05) is 62.4 Å². The van der Waals surface area contributed by atoms with Crippen molar-refractivity contribution in [3.63, 3.8) is 0 Å². The Balaban J connectivity index is 1.79. The Morgan fingerprint density at radius 3 is 2.33 bits per heavy atom. The number of hydrogen-bond acceptors (Lipinski definition) is 5. The van der Waals surface area contributed by atoms with Crippen molar-refractivity contribution in [1.29, 1.82) is 0 Å². The summed E-state index contributed by atoms with van der Waals surface area (Å²) in [6, 6.07) is 17.1. The van der Waals surface area contributed by atoms with Crippen LogP contribution >= 0.6 is 0 Å². The average molecular weight is 572 g/mol. The Hall–Kier alpha value is -4.92. The maximum Gasteiger partial charge on any atom is 0.417 e. The van der Waals surface area contributed by atoms with Gasteiger partial charge < -0.3 is 14.5 Å². The molecule has 0 unspecified atom stereocenters. The van der Waals surface area contributed by atoms with Crippen LogP contribution in [-0.2, 0) is 10.9 Å². The van der Waals surface area contributed by atoms with E-state index in [4.69, 9.17) is 9.47 Å². The highest BCUT2D eigenvalue weighted by atomic mass is 19.4. The first kappa shape index (κ1) is 28.6. The minimum atomic E-state index is -4.51. The molecule has 0 fully saturated rings. The van der Waals surface area contributed by atoms with Crippen molar-refractivity contribution in [3.05, 3.63) is 102 Å². The lowest BCUT2D eigenvalue weighted by Gasteiger charge is -2.15. The maximum atomic E-state index is 13.3. The zero-order chi connectivity index (χ0) is 29.9. The van der Waals surface area contributed by atoms with Crippen LogP contribution in [0.2, 0.25) is 0 Å². The van der Waals surface area contributed by atoms with Crippen LogP contribution < -0.4 is 4.74 Å². The van der Waals surface area contributed by atoms with Gasteiger partial charge in [-0.15, -0.1) is 0 Å². The van der Waals surface area contributed by atoms with E-state index < -0.39 is 17.7 Å². The SMILES string of the molecule is CCOC(=O)c1[nH]c2ccc(-c3ccc(C(F)(F)F)cn3)c(-c3ccc(OC(C)C)cc3)c2c1C=Cc1ccncc1. The molecule has 42 heavy (non-hydrogen) atoms. The first-order chi connectivity index (χ1) is 20.2. The molecule has 214 valence electrons. The molecular weight excluding hydrogens is 543 g/mol. The van der Waals surface area contributed by atoms with Crippen molar-refractivity contribution < 1.29 is 27.4 Å². The van der Waals surface area contributed by atoms with Gasteiger partial charge in [-0.3, -0.25) is 9.97 Å². The summed E-state index contributed by atoms with van der Waals surface area (Å²) in [7, 11) is 0. The molecule has 0 saturated heterocycles. The summed E-state index contributed by atoms with van der Waals surface area (Å²) in [5, 5.41) is 0.695. The Morgan fingerprint density at radius 1 is 0.976 bits per heavy atom. The standard InChI is InChI=1S/C33H28F3N3O3/c1-4-41-32(40)31-26(11-5-21-15-17-37-18-16-21)30-28(39-31)14-12-25(27-13-8-23(19-38-27)33(34,35)36)29(30)22-6-9-24(10-7-22)42-20(2)3/h5-20,39H,4H2,1-3H3. The molecule has 3 heterocycles. The third-order valence-electron chi connectivity index (χ3n) is 6.51. The molecule has 5 aromatic rings. The number of aromatic nitrogens is 3. The summed E-state index contributed by atoms with van der Waals surface area (Å²) in [4.78, 5) is 24.5. The van der Waals surface area contributed by atoms with Gasteiger partial charge in [0.25, 0.3) is 0 Å². The van der Waals surface area contributed by atoms with Crippen LogP contribution in [0.15, 0.2) is 79.3 Å². The summed E-state index contributed by atoms with van der Waals surface area (Å²) in [5.41, 5.74) is 3.93. The second-order valence-electron chi connectivity index (χ2n) is 9.78. The Kier molecular flexibility index (Phi) is 8.10. The van der Waals surface area contributed by atoms with Gasteiger partial charge in [0.2, 0.25) is 0 Å². The predicted molar refractivity (Wildman–Crippen MR) is 157 cm³/mol. The lowest BCUT2D eigenvalue weighted by Crippen LogP contribution is -2.06. The van der Waals surface area contributed by atoms with Crippen LogP contribution in [-0.4, -0.2) is 33.6 Å². The quantitative estimate of drug-likeness (QED) is 0.189. The highest BCUT2D eigenvalue weighted by Gasteiger charge is 2.31. The second-order valence-corrected chi connectivity index (χ2v) is 9.78. The van der Waals surface area contributed by atoms with Crippen LogP contribution in [0.5, 0.6) is 5.75 Å². The maximum absolute atomic E-state index is 13.3. The molecule has 3 aromatic heterocycles. The molecule has 1 N–H and O–H groups in total. The summed E-state index contributed by atoms with van der Waals surface area (Å²) >= 11 is 0. The fourth-order valence-electron chi connectivity index (χ4n) is 4.71. The molecular formula is C33H28F3N3O3. The number of pyridine rings is 2. The molecule has 0 aliphatic heterocycles. The highest BCUT2D eigenvalue weighted by molar-refractivity contribution is 6.12. The van der Waals surface area contributed by atoms with Crippen molar-refractivity contribution >= 4 is 29.0 Å². The van der Waals surface area contributed by atoms with Gasteiger partial charge in [0.1, 0.15) is 11.4 Å². The normalized spacial score (nSPS) is 11.9. The molecule has 0 amide bonds. The van der Waals surface area contributed by atoms with E-state index in [1.54, 1.807) is 31.5 Å². The Morgan fingerprint density at radius 2 is 1.71 bits per heavy atom. The zero-order valence-electron chi connectivity index (χ0n) is 23.2. The van der Waals surface area contributed by atoms with Crippen molar-refractivity contribution in [2.45, 2.75) is 33.1 Å². The van der Waals surface area contributed by atoms with Crippen molar-refractivity contribution in [1.82, 2.24) is 15.0 Å². The molecule has 0 spiro atoms. The van der Waals surface area contributed by atoms with Crippen molar-refractivity contribution in [3.8, 4) is 28.1 Å². The molecule has 0 radical (unpaired) electrons. The fourth-order valence-corrected chi connectivity index (χ4v) is 4.71. The first-order valence-electron chi connectivity index (χ1n) is 13.4. The molecule has 0 aliphatic carbocycles. The molecule has 0 bridgehead atoms. The number of fused-ring (bicyclic) bond motifs is 1. The van der Waals surface area contributed by atoms with Crippen LogP contribution in [0, 0.1) is 0 Å². The minimum Gasteiger partial charge on any atom is -0.491 e. The van der Waals surface area contributed by atoms with Gasteiger partial charge in [0, 0.05) is 46.2 Å². The van der Waals surface area contributed by atoms with Gasteiger partial charge in [-0.1, -0.05) is 30.4 Å². The van der Waals surface area contributed by atoms with Gasteiger partial charge >= 0.3 is 12.1 Å². The van der Waals surface area contributed by atoms with Crippen molar-refractivity contribution in [2.75, 3.05) is 6.61 Å². The van der Waals surface area contributed by atoms with E-state index in [-0.39, 0.29) is 18.4 Å². The average Bonchev–Trinajstić information content (AvgIpc) is 3.35. The highest BCUT2D eigenvalue weighted by Crippen LogP contribution is 2.42. The van der Waals surface area contributed by atoms with E-state index in [1.165, 1.54) is 6.07 Å². The number of aromatic amines is 1. The smallest absolute Gasteiger partial charge is 0.417 e. The molecule has 2 aromatic carbocycles. The van der Waals surface area contributed by atoms with E-state index in [0.717, 1.165) is 23.4 Å². The summed E-state index contributed by atoms with van der Waals surface area (Å²) < 4.78 is 51.1. The van der Waals surface area contributed by atoms with Crippen LogP contribution in [0.4, 0.5) is 13.2 Å². The van der Waals surface area contributed by atoms with Gasteiger partial charge in [-0.2, -0.15) is 13.2 Å². The number of alkyl halides is 3. The van der Waals surface area contributed by atoms with Gasteiger partial charge in [-0.25, -0.2) is 4.79 Å². The number of nitrogens with zero attached hydrogens (tertiary/aromatic N) is 2. The summed E-state index contributed by atoms with van der Waals surface area (Å²) in [6.45, 7) is 5.78. The van der Waals surface area contributed by atoms with E-state index >= 15 is 0 Å². The van der Waals surface area contributed by atoms with Crippen LogP contribution in [0.1, 0.15) is 48.0 Å². The number of benzene rings is 2. The number of H-pyrrole nitrogens is 1. The van der Waals surface area contributed by atoms with Gasteiger partial charge in [-0.05, 0) is 74.4 Å². The summed E-state index contributed by atoms with van der Waals surface area (Å²) in [5.74, 6) is 0.151. The fraction of sp³-hybridized carbons (Fsp3) is 0.182. The number of ether oxygens (including phenoxy) is 2. The minimum absolute atomic E-state index is 0.0204. The lowest BCUT2D eigenvalue weighted by molar-refractivity contribution is -0.137. The largest absolute Gasteiger partial charge is 0.491 e. The third-order valence-corrected chi connectivity index (χ3v) is 6.51. The molecule has 6 nitrogen and oxygen atoms in total. The number of rotatable bonds is 8. The number of halogens is 3. The van der Waals surface area contributed by atoms with Gasteiger partial charge in [0.15, 0.2) is 0 Å². The number of carbonyl (C=O) groups is 1. The zero-order valence-corrected chi connectivity index (χ0v) is 23.2. The topological polar surface area (TPSA) is 77.1 Å². The molecule has 0 aliphatic rings. The predicted octanol–water partition coefficient (Wildman–Crippen LogP) is 8.45. The monoisotopic (exact) mass is 571 g/mol. The number of nitrogens with one attached hydrogen (secondary N) is 1. The Bertz CT molecular complexity index is 1720. The Labute approximate surface area is 240 Å². The van der Waals surface area contributed by atoms with Crippen LogP contribution in [0.3, 0.4) is 0 Å². The number of esters is 1.